The SMILES string of the molecule is COc1cccc(N2CCN(C3=Nc4c(F)cccc4[C@H](CC(=O)O)N3c3cc(C(F)(F)F)ccc3OC)CC2)c1.O=S(=O)(O)c1ccccc1. The fourth-order valence-corrected chi connectivity index (χ4v) is 6.34. The second-order valence-corrected chi connectivity index (χ2v) is 12.8. The lowest BCUT2D eigenvalue weighted by Crippen LogP contribution is -2.55. The molecule has 0 unspecified atom stereocenters. The number of nitrogens with zero attached hydrogens (tertiary/aromatic N) is 4. The number of piperazine rings is 1. The lowest BCUT2D eigenvalue weighted by molar-refractivity contribution is -0.138. The van der Waals surface area contributed by atoms with E-state index in [1.54, 1.807) is 31.4 Å². The average molecular weight is 731 g/mol. The number of hydrogen-bond donors (Lipinski definition) is 2. The molecule has 0 bridgehead atoms. The molecular formula is C35H34F4N4O7S. The Labute approximate surface area is 291 Å². The molecule has 4 aromatic rings. The number of para-hydroxylation sites is 1. The Hall–Kier alpha value is -5.35. The first kappa shape index (κ1) is 36.9. The predicted octanol–water partition coefficient (Wildman–Crippen LogP) is 6.64. The van der Waals surface area contributed by atoms with Crippen molar-refractivity contribution in [2.24, 2.45) is 4.99 Å². The Morgan fingerprint density at radius 2 is 1.55 bits per heavy atom. The minimum atomic E-state index is -4.66. The van der Waals surface area contributed by atoms with E-state index in [-0.39, 0.29) is 33.5 Å². The van der Waals surface area contributed by atoms with Gasteiger partial charge >= 0.3 is 12.1 Å². The number of carbonyl (C=O) groups is 1. The standard InChI is InChI=1S/C29H28F4N4O4.C6H6O3S/c1-40-20-6-3-5-19(16-20)35-11-13-36(14-12-35)28-34-27-21(7-4-8-22(27)30)23(17-26(38)39)37(28)24-15-18(29(31,32)33)9-10-25(24)41-2;7-10(8,9)6-4-2-1-3-5-6/h3-10,15-16,23H,11-14,17H2,1-2H3,(H,38,39);1-5H,(H,7,8,9)/t23-;/m0./s1. The quantitative estimate of drug-likeness (QED) is 0.158. The number of rotatable bonds is 7. The van der Waals surface area contributed by atoms with Gasteiger partial charge in [-0.25, -0.2) is 9.38 Å². The summed E-state index contributed by atoms with van der Waals surface area (Å²) in [5.74, 6) is -0.910. The third kappa shape index (κ3) is 8.52. The number of carboxylic acid groups (broad SMARTS) is 1. The average Bonchev–Trinajstić information content (AvgIpc) is 3.11. The zero-order valence-electron chi connectivity index (χ0n) is 27.4. The van der Waals surface area contributed by atoms with Gasteiger partial charge in [0, 0.05) is 43.5 Å². The zero-order chi connectivity index (χ0) is 36.9. The maximum atomic E-state index is 15.1. The molecule has 0 spiro atoms. The normalized spacial score (nSPS) is 16.0. The van der Waals surface area contributed by atoms with E-state index in [0.717, 1.165) is 17.8 Å². The molecule has 2 aliphatic heterocycles. The number of fused-ring (bicyclic) bond motifs is 1. The number of aliphatic imine (C=N–C) groups is 1. The van der Waals surface area contributed by atoms with Gasteiger partial charge in [0.15, 0.2) is 0 Å². The Bertz CT molecular complexity index is 2010. The molecule has 1 fully saturated rings. The zero-order valence-corrected chi connectivity index (χ0v) is 28.2. The van der Waals surface area contributed by atoms with Crippen LogP contribution in [0.4, 0.5) is 34.6 Å². The monoisotopic (exact) mass is 730 g/mol. The summed E-state index contributed by atoms with van der Waals surface area (Å²) in [5, 5.41) is 9.83. The van der Waals surface area contributed by atoms with E-state index in [2.05, 4.69) is 9.89 Å². The molecule has 0 aliphatic carbocycles. The summed E-state index contributed by atoms with van der Waals surface area (Å²) in [6.07, 6.45) is -5.18. The highest BCUT2D eigenvalue weighted by molar-refractivity contribution is 7.85. The van der Waals surface area contributed by atoms with Gasteiger partial charge in [-0.3, -0.25) is 9.35 Å². The number of ether oxygens (including phenoxy) is 2. The highest BCUT2D eigenvalue weighted by Gasteiger charge is 2.40. The smallest absolute Gasteiger partial charge is 0.416 e. The first-order valence-corrected chi connectivity index (χ1v) is 16.9. The molecule has 51 heavy (non-hydrogen) atoms. The number of benzene rings is 4. The molecule has 4 aromatic carbocycles. The Kier molecular flexibility index (Phi) is 11.1. The van der Waals surface area contributed by atoms with Crippen molar-refractivity contribution < 1.29 is 49.9 Å². The van der Waals surface area contributed by atoms with Crippen LogP contribution in [0.25, 0.3) is 0 Å². The van der Waals surface area contributed by atoms with Gasteiger partial charge in [-0.2, -0.15) is 21.6 Å². The number of anilines is 2. The van der Waals surface area contributed by atoms with Gasteiger partial charge in [0.1, 0.15) is 23.0 Å². The van der Waals surface area contributed by atoms with Crippen molar-refractivity contribution in [1.29, 1.82) is 0 Å². The van der Waals surface area contributed by atoms with Crippen molar-refractivity contribution >= 4 is 39.1 Å². The molecular weight excluding hydrogens is 696 g/mol. The molecule has 1 atom stereocenters. The molecule has 16 heteroatoms. The molecule has 270 valence electrons. The minimum Gasteiger partial charge on any atom is -0.497 e. The van der Waals surface area contributed by atoms with Crippen molar-refractivity contribution in [2.75, 3.05) is 50.2 Å². The number of alkyl halides is 3. The van der Waals surface area contributed by atoms with Crippen molar-refractivity contribution in [3.8, 4) is 11.5 Å². The Balaban J connectivity index is 0.000000435. The predicted molar refractivity (Wildman–Crippen MR) is 182 cm³/mol. The van der Waals surface area contributed by atoms with Crippen molar-refractivity contribution in [3.63, 3.8) is 0 Å². The van der Waals surface area contributed by atoms with Gasteiger partial charge in [-0.15, -0.1) is 0 Å². The van der Waals surface area contributed by atoms with E-state index in [1.165, 1.54) is 42.3 Å². The van der Waals surface area contributed by atoms with Crippen LogP contribution in [0.15, 0.2) is 101 Å². The number of aliphatic carboxylic acids is 1. The lowest BCUT2D eigenvalue weighted by Gasteiger charge is -2.45. The van der Waals surface area contributed by atoms with Gasteiger partial charge in [0.25, 0.3) is 10.1 Å². The first-order valence-electron chi connectivity index (χ1n) is 15.5. The summed E-state index contributed by atoms with van der Waals surface area (Å²) in [5.41, 5.74) is 0.204. The maximum Gasteiger partial charge on any atom is 0.416 e. The molecule has 0 aromatic heterocycles. The van der Waals surface area contributed by atoms with Crippen LogP contribution in [0.5, 0.6) is 11.5 Å². The molecule has 6 rings (SSSR count). The van der Waals surface area contributed by atoms with Crippen molar-refractivity contribution in [2.45, 2.75) is 23.5 Å². The fourth-order valence-electron chi connectivity index (χ4n) is 5.84. The third-order valence-corrected chi connectivity index (χ3v) is 9.14. The van der Waals surface area contributed by atoms with Crippen LogP contribution in [0.1, 0.15) is 23.6 Å². The third-order valence-electron chi connectivity index (χ3n) is 8.27. The van der Waals surface area contributed by atoms with Gasteiger partial charge in [-0.05, 0) is 48.5 Å². The topological polar surface area (TPSA) is 132 Å². The number of hydrogen-bond acceptors (Lipinski definition) is 9. The van der Waals surface area contributed by atoms with E-state index in [9.17, 15) is 31.5 Å². The summed E-state index contributed by atoms with van der Waals surface area (Å²) in [7, 11) is -1.10. The molecule has 0 amide bonds. The van der Waals surface area contributed by atoms with Gasteiger partial charge in [0.05, 0.1) is 42.8 Å². The van der Waals surface area contributed by atoms with E-state index >= 15 is 4.39 Å². The molecule has 0 saturated carbocycles. The van der Waals surface area contributed by atoms with Crippen LogP contribution in [0, 0.1) is 5.82 Å². The van der Waals surface area contributed by atoms with E-state index in [4.69, 9.17) is 14.0 Å². The van der Waals surface area contributed by atoms with E-state index < -0.39 is 46.1 Å². The second kappa shape index (κ2) is 15.3. The van der Waals surface area contributed by atoms with Crippen molar-refractivity contribution in [3.05, 3.63) is 108 Å². The number of carboxylic acids is 1. The summed E-state index contributed by atoms with van der Waals surface area (Å²) in [6, 6.07) is 21.1. The number of guanidine groups is 1. The Morgan fingerprint density at radius 1 is 0.882 bits per heavy atom. The summed E-state index contributed by atoms with van der Waals surface area (Å²) < 4.78 is 96.6. The minimum absolute atomic E-state index is 0.0162. The molecule has 1 saturated heterocycles. The van der Waals surface area contributed by atoms with Gasteiger partial charge in [-0.1, -0.05) is 36.4 Å². The summed E-state index contributed by atoms with van der Waals surface area (Å²) in [6.45, 7) is 1.82. The summed E-state index contributed by atoms with van der Waals surface area (Å²) >= 11 is 0. The van der Waals surface area contributed by atoms with Crippen molar-refractivity contribution in [1.82, 2.24) is 4.90 Å². The number of halogens is 4. The molecule has 2 aliphatic rings. The maximum absolute atomic E-state index is 15.1. The first-order chi connectivity index (χ1) is 24.2. The lowest BCUT2D eigenvalue weighted by atomic mass is 9.96. The largest absolute Gasteiger partial charge is 0.497 e. The fraction of sp³-hybridized carbons (Fsp3) is 0.257. The van der Waals surface area contributed by atoms with Crippen LogP contribution in [-0.4, -0.2) is 75.3 Å². The second-order valence-electron chi connectivity index (χ2n) is 11.4. The van der Waals surface area contributed by atoms with Crippen LogP contribution < -0.4 is 19.3 Å². The van der Waals surface area contributed by atoms with Crippen LogP contribution >= 0.6 is 0 Å². The van der Waals surface area contributed by atoms with Crippen LogP contribution in [0.2, 0.25) is 0 Å². The van der Waals surface area contributed by atoms with Crippen LogP contribution in [-0.2, 0) is 21.1 Å². The highest BCUT2D eigenvalue weighted by atomic mass is 32.2. The highest BCUT2D eigenvalue weighted by Crippen LogP contribution is 2.46. The van der Waals surface area contributed by atoms with Crippen LogP contribution in [0.3, 0.4) is 0 Å². The molecule has 2 heterocycles. The number of methoxy groups -OCH3 is 2. The summed E-state index contributed by atoms with van der Waals surface area (Å²) in [4.78, 5) is 22.0. The van der Waals surface area contributed by atoms with Gasteiger partial charge < -0.3 is 29.3 Å². The van der Waals surface area contributed by atoms with E-state index in [1.807, 2.05) is 29.2 Å². The van der Waals surface area contributed by atoms with Gasteiger partial charge in [0.2, 0.25) is 5.96 Å². The molecule has 0 radical (unpaired) electrons. The molecule has 11 nitrogen and oxygen atoms in total. The van der Waals surface area contributed by atoms with E-state index in [0.29, 0.717) is 31.9 Å². The Morgan fingerprint density at radius 3 is 2.14 bits per heavy atom. The molecule has 2 N–H and O–H groups in total.